The second-order valence-corrected chi connectivity index (χ2v) is 10.4. The summed E-state index contributed by atoms with van der Waals surface area (Å²) < 4.78 is 34.3. The van der Waals surface area contributed by atoms with E-state index in [4.69, 9.17) is 27.8 Å². The van der Waals surface area contributed by atoms with Crippen molar-refractivity contribution in [1.82, 2.24) is 19.9 Å². The van der Waals surface area contributed by atoms with Gasteiger partial charge in [-0.1, -0.05) is 23.7 Å². The summed E-state index contributed by atoms with van der Waals surface area (Å²) in [5.41, 5.74) is 14.2. The fourth-order valence-corrected chi connectivity index (χ4v) is 4.95. The quantitative estimate of drug-likeness (QED) is 0.0905. The molecule has 4 rings (SSSR count). The highest BCUT2D eigenvalue weighted by Crippen LogP contribution is 2.31. The van der Waals surface area contributed by atoms with Crippen molar-refractivity contribution in [1.29, 1.82) is 0 Å². The average molecular weight is 600 g/mol. The fraction of sp³-hybridized carbons (Fsp3) is 0.367. The zero-order valence-electron chi connectivity index (χ0n) is 23.5. The van der Waals surface area contributed by atoms with Gasteiger partial charge in [0.25, 0.3) is 0 Å². The Labute approximate surface area is 247 Å². The van der Waals surface area contributed by atoms with Crippen molar-refractivity contribution < 1.29 is 13.5 Å². The molecule has 0 aliphatic carbocycles. The van der Waals surface area contributed by atoms with Gasteiger partial charge in [0.2, 0.25) is 0 Å². The van der Waals surface area contributed by atoms with E-state index in [9.17, 15) is 9.18 Å². The van der Waals surface area contributed by atoms with Gasteiger partial charge in [-0.15, -0.1) is 0 Å². The molecular formula is C30H36ClF2N7O2. The lowest BCUT2D eigenvalue weighted by atomic mass is 10.0. The lowest BCUT2D eigenvalue weighted by molar-refractivity contribution is 0.167. The van der Waals surface area contributed by atoms with Gasteiger partial charge in [0.1, 0.15) is 18.2 Å². The molecule has 0 fully saturated rings. The van der Waals surface area contributed by atoms with E-state index >= 15 is 4.39 Å². The summed E-state index contributed by atoms with van der Waals surface area (Å²) in [5, 5.41) is 4.09. The van der Waals surface area contributed by atoms with Crippen LogP contribution in [0.1, 0.15) is 36.4 Å². The monoisotopic (exact) mass is 599 g/mol. The van der Waals surface area contributed by atoms with Gasteiger partial charge in [-0.05, 0) is 80.2 Å². The van der Waals surface area contributed by atoms with E-state index in [0.717, 1.165) is 30.4 Å². The minimum Gasteiger partial charge on any atom is -0.385 e. The number of ether oxygens (including phenoxy) is 1. The molecule has 9 nitrogen and oxygen atoms in total. The number of aryl methyl sites for hydroxylation is 1. The van der Waals surface area contributed by atoms with E-state index in [1.54, 1.807) is 31.5 Å². The van der Waals surface area contributed by atoms with Crippen LogP contribution in [0.5, 0.6) is 0 Å². The summed E-state index contributed by atoms with van der Waals surface area (Å²) in [5.74, 6) is -0.537. The predicted octanol–water partition coefficient (Wildman–Crippen LogP) is 4.45. The number of nitrogens with two attached hydrogens (primary N) is 2. The van der Waals surface area contributed by atoms with Crippen LogP contribution in [-0.4, -0.2) is 60.4 Å². The van der Waals surface area contributed by atoms with Crippen LogP contribution in [0.15, 0.2) is 58.4 Å². The zero-order chi connectivity index (χ0) is 30.1. The summed E-state index contributed by atoms with van der Waals surface area (Å²) in [4.78, 5) is 24.2. The number of aliphatic imine (C=N–C) groups is 1. The molecule has 2 heterocycles. The molecule has 0 radical (unpaired) electrons. The Kier molecular flexibility index (Phi) is 11.2. The van der Waals surface area contributed by atoms with Gasteiger partial charge >= 0.3 is 5.69 Å². The number of H-pyrrole nitrogens is 1. The van der Waals surface area contributed by atoms with Crippen LogP contribution in [0, 0.1) is 5.82 Å². The third-order valence-electron chi connectivity index (χ3n) is 6.89. The minimum atomic E-state index is -0.750. The molecule has 2 aromatic carbocycles. The lowest BCUT2D eigenvalue weighted by Gasteiger charge is -2.19. The van der Waals surface area contributed by atoms with Gasteiger partial charge in [0.05, 0.1) is 29.1 Å². The maximum absolute atomic E-state index is 15.0. The number of amidine groups is 1. The summed E-state index contributed by atoms with van der Waals surface area (Å²) in [7, 11) is 1.62. The van der Waals surface area contributed by atoms with Gasteiger partial charge in [-0.25, -0.2) is 13.6 Å². The SMILES string of the molecule is COCC(NCCCN=C(N)CF)c1ccc(-n2cc3cc(-c4cc(CCCCN)cc(Cl)c4F)[nH]c3nc2=O)cc1. The molecule has 1 unspecified atom stereocenters. The van der Waals surface area contributed by atoms with Crippen molar-refractivity contribution in [2.45, 2.75) is 31.7 Å². The molecule has 0 saturated carbocycles. The largest absolute Gasteiger partial charge is 0.385 e. The molecular weight excluding hydrogens is 564 g/mol. The number of methoxy groups -OCH3 is 1. The Morgan fingerprint density at radius 1 is 1.21 bits per heavy atom. The summed E-state index contributed by atoms with van der Waals surface area (Å²) in [6, 6.07) is 12.6. The maximum atomic E-state index is 15.0. The molecule has 0 spiro atoms. The van der Waals surface area contributed by atoms with Gasteiger partial charge in [0, 0.05) is 30.8 Å². The first kappa shape index (κ1) is 31.3. The van der Waals surface area contributed by atoms with E-state index in [1.807, 2.05) is 24.3 Å². The smallest absolute Gasteiger partial charge is 0.354 e. The number of rotatable bonds is 15. The third kappa shape index (κ3) is 7.80. The van der Waals surface area contributed by atoms with Crippen molar-refractivity contribution in [3.05, 3.63) is 81.1 Å². The molecule has 6 N–H and O–H groups in total. The van der Waals surface area contributed by atoms with Crippen LogP contribution in [0.2, 0.25) is 5.02 Å². The van der Waals surface area contributed by atoms with E-state index in [-0.39, 0.29) is 16.9 Å². The molecule has 0 aliphatic rings. The Morgan fingerprint density at radius 2 is 2.00 bits per heavy atom. The number of hydrogen-bond acceptors (Lipinski definition) is 6. The number of hydrogen-bond donors (Lipinski definition) is 4. The summed E-state index contributed by atoms with van der Waals surface area (Å²) >= 11 is 6.21. The molecule has 12 heteroatoms. The number of nitrogens with one attached hydrogen (secondary N) is 2. The fourth-order valence-electron chi connectivity index (χ4n) is 4.71. The minimum absolute atomic E-state index is 0.00219. The zero-order valence-corrected chi connectivity index (χ0v) is 24.3. The number of fused-ring (bicyclic) bond motifs is 1. The van der Waals surface area contributed by atoms with Crippen LogP contribution in [-0.2, 0) is 11.2 Å². The number of benzene rings is 2. The molecule has 0 saturated heterocycles. The Hall–Kier alpha value is -3.64. The number of aromatic amines is 1. The number of unbranched alkanes of at least 4 members (excludes halogenated alkanes) is 1. The van der Waals surface area contributed by atoms with Crippen molar-refractivity contribution in [2.75, 3.05) is 40.0 Å². The highest BCUT2D eigenvalue weighted by atomic mass is 35.5. The predicted molar refractivity (Wildman–Crippen MR) is 164 cm³/mol. The molecule has 0 bridgehead atoms. The molecule has 224 valence electrons. The second kappa shape index (κ2) is 15.0. The number of nitrogens with zero attached hydrogens (tertiary/aromatic N) is 3. The van der Waals surface area contributed by atoms with Crippen LogP contribution in [0.4, 0.5) is 8.78 Å². The molecule has 2 aromatic heterocycles. The van der Waals surface area contributed by atoms with Crippen molar-refractivity contribution in [3.63, 3.8) is 0 Å². The highest BCUT2D eigenvalue weighted by molar-refractivity contribution is 6.31. The van der Waals surface area contributed by atoms with E-state index < -0.39 is 18.2 Å². The van der Waals surface area contributed by atoms with Crippen molar-refractivity contribution in [3.8, 4) is 16.9 Å². The van der Waals surface area contributed by atoms with Gasteiger partial charge < -0.3 is 26.5 Å². The second-order valence-electron chi connectivity index (χ2n) is 9.98. The first-order chi connectivity index (χ1) is 20.3. The first-order valence-corrected chi connectivity index (χ1v) is 14.2. The standard InChI is InChI=1S/C30H36ClF2N7O2/c1-42-18-26(36-11-4-12-37-27(35)16-32)20-6-8-22(9-7-20)40-17-21-15-25(38-29(21)39-30(40)41)23-13-19(5-2-3-10-34)14-24(31)28(23)33/h6-9,13-15,17,26,36H,2-5,10-12,16,18,34H2,1H3,(H2,35,37)(H,38,39,41). The maximum Gasteiger partial charge on any atom is 0.354 e. The molecule has 4 aromatic rings. The molecule has 0 amide bonds. The molecule has 0 aliphatic heterocycles. The highest BCUT2D eigenvalue weighted by Gasteiger charge is 2.16. The lowest BCUT2D eigenvalue weighted by Crippen LogP contribution is -2.27. The van der Waals surface area contributed by atoms with Crippen molar-refractivity contribution in [2.24, 2.45) is 16.5 Å². The van der Waals surface area contributed by atoms with E-state index in [2.05, 4.69) is 20.3 Å². The van der Waals surface area contributed by atoms with E-state index in [1.165, 1.54) is 4.57 Å². The normalized spacial score (nSPS) is 12.7. The van der Waals surface area contributed by atoms with Gasteiger partial charge in [0.15, 0.2) is 5.82 Å². The molecule has 1 atom stereocenters. The van der Waals surface area contributed by atoms with Gasteiger partial charge in [-0.2, -0.15) is 4.98 Å². The average Bonchev–Trinajstić information content (AvgIpc) is 3.40. The van der Waals surface area contributed by atoms with Crippen LogP contribution >= 0.6 is 11.6 Å². The van der Waals surface area contributed by atoms with Gasteiger partial charge in [-0.3, -0.25) is 9.56 Å². The number of aromatic nitrogens is 3. The van der Waals surface area contributed by atoms with E-state index in [0.29, 0.717) is 60.6 Å². The Bertz CT molecular complexity index is 1570. The Balaban J connectivity index is 1.54. The summed E-state index contributed by atoms with van der Waals surface area (Å²) in [6.07, 6.45) is 4.84. The van der Waals surface area contributed by atoms with Crippen LogP contribution < -0.4 is 22.5 Å². The summed E-state index contributed by atoms with van der Waals surface area (Å²) in [6.45, 7) is 1.34. The Morgan fingerprint density at radius 3 is 2.71 bits per heavy atom. The topological polar surface area (TPSA) is 136 Å². The molecule has 42 heavy (non-hydrogen) atoms. The first-order valence-electron chi connectivity index (χ1n) is 13.8. The number of halogens is 3. The van der Waals surface area contributed by atoms with Crippen LogP contribution in [0.3, 0.4) is 0 Å². The number of alkyl halides is 1. The van der Waals surface area contributed by atoms with Crippen molar-refractivity contribution >= 4 is 28.5 Å². The van der Waals surface area contributed by atoms with Crippen LogP contribution in [0.25, 0.3) is 28.0 Å². The third-order valence-corrected chi connectivity index (χ3v) is 7.17.